The van der Waals surface area contributed by atoms with Gasteiger partial charge in [-0.25, -0.2) is 0 Å². The number of amides is 1. The Labute approximate surface area is 114 Å². The van der Waals surface area contributed by atoms with Crippen LogP contribution in [0.2, 0.25) is 0 Å². The summed E-state index contributed by atoms with van der Waals surface area (Å²) in [4.78, 5) is 10.7. The highest BCUT2D eigenvalue weighted by Crippen LogP contribution is 2.32. The highest BCUT2D eigenvalue weighted by Gasteiger charge is 2.22. The molecular formula is C13H14N2O5. The van der Waals surface area contributed by atoms with Crippen LogP contribution in [0.4, 0.5) is 0 Å². The molecule has 0 radical (unpaired) electrons. The fourth-order valence-electron chi connectivity index (χ4n) is 1.83. The topological polar surface area (TPSA) is 130 Å². The number of carbonyl (C=O) groups excluding carboxylic acids is 1. The van der Waals surface area contributed by atoms with Crippen LogP contribution in [0.3, 0.4) is 0 Å². The van der Waals surface area contributed by atoms with Gasteiger partial charge in [0.1, 0.15) is 11.9 Å². The maximum Gasteiger partial charge on any atom is 0.220 e. The van der Waals surface area contributed by atoms with Gasteiger partial charge in [0.2, 0.25) is 5.91 Å². The van der Waals surface area contributed by atoms with Gasteiger partial charge in [-0.1, -0.05) is 11.2 Å². The Morgan fingerprint density at radius 1 is 1.35 bits per heavy atom. The number of primary amides is 1. The Morgan fingerprint density at radius 2 is 2.10 bits per heavy atom. The molecule has 0 spiro atoms. The summed E-state index contributed by atoms with van der Waals surface area (Å²) < 4.78 is 4.93. The molecule has 7 nitrogen and oxygen atoms in total. The zero-order valence-electron chi connectivity index (χ0n) is 10.4. The second-order valence-corrected chi connectivity index (χ2v) is 4.34. The van der Waals surface area contributed by atoms with E-state index in [1.54, 1.807) is 6.07 Å². The second kappa shape index (κ2) is 5.72. The van der Waals surface area contributed by atoms with Gasteiger partial charge < -0.3 is 25.6 Å². The maximum absolute atomic E-state index is 10.7. The van der Waals surface area contributed by atoms with E-state index in [0.717, 1.165) is 0 Å². The van der Waals surface area contributed by atoms with Gasteiger partial charge in [0.05, 0.1) is 24.3 Å². The third-order valence-electron chi connectivity index (χ3n) is 2.84. The Kier molecular flexibility index (Phi) is 4.02. The van der Waals surface area contributed by atoms with Gasteiger partial charge in [0.15, 0.2) is 5.76 Å². The lowest BCUT2D eigenvalue weighted by atomic mass is 9.98. The number of aliphatic hydroxyl groups is 2. The lowest BCUT2D eigenvalue weighted by Gasteiger charge is -2.17. The van der Waals surface area contributed by atoms with Crippen LogP contribution in [0, 0.1) is 0 Å². The van der Waals surface area contributed by atoms with Crippen molar-refractivity contribution in [1.29, 1.82) is 0 Å². The van der Waals surface area contributed by atoms with E-state index in [-0.39, 0.29) is 12.2 Å². The van der Waals surface area contributed by atoms with Crippen LogP contribution >= 0.6 is 0 Å². The van der Waals surface area contributed by atoms with E-state index in [2.05, 4.69) is 5.16 Å². The van der Waals surface area contributed by atoms with Gasteiger partial charge in [-0.3, -0.25) is 4.79 Å². The number of aliphatic hydroxyl groups excluding tert-OH is 2. The third-order valence-corrected chi connectivity index (χ3v) is 2.84. The number of phenols is 1. The Hall–Kier alpha value is -2.38. The smallest absolute Gasteiger partial charge is 0.220 e. The van der Waals surface area contributed by atoms with Crippen LogP contribution in [-0.4, -0.2) is 32.5 Å². The predicted octanol–water partition coefficient (Wildman–Crippen LogP) is 0.317. The summed E-state index contributed by atoms with van der Waals surface area (Å²) in [6.07, 6.45) is -1.57. The van der Waals surface area contributed by atoms with Crippen molar-refractivity contribution < 1.29 is 24.6 Å². The molecule has 1 aromatic heterocycles. The molecule has 20 heavy (non-hydrogen) atoms. The van der Waals surface area contributed by atoms with E-state index in [0.29, 0.717) is 16.9 Å². The molecule has 0 saturated carbocycles. The summed E-state index contributed by atoms with van der Waals surface area (Å²) >= 11 is 0. The van der Waals surface area contributed by atoms with E-state index < -0.39 is 18.1 Å². The summed E-state index contributed by atoms with van der Waals surface area (Å²) in [6, 6.07) is 5.78. The van der Waals surface area contributed by atoms with Crippen LogP contribution in [0.15, 0.2) is 35.0 Å². The number of nitrogens with two attached hydrogens (primary N) is 1. The van der Waals surface area contributed by atoms with Crippen molar-refractivity contribution in [1.82, 2.24) is 5.16 Å². The molecule has 1 amide bonds. The van der Waals surface area contributed by atoms with Crippen LogP contribution in [-0.2, 0) is 4.79 Å². The molecule has 5 N–H and O–H groups in total. The van der Waals surface area contributed by atoms with E-state index in [4.69, 9.17) is 10.3 Å². The van der Waals surface area contributed by atoms with Crippen LogP contribution in [0.1, 0.15) is 18.1 Å². The normalized spacial score (nSPS) is 13.9. The number of rotatable bonds is 5. The first-order valence-corrected chi connectivity index (χ1v) is 5.87. The van der Waals surface area contributed by atoms with Crippen LogP contribution in [0.5, 0.6) is 5.75 Å². The van der Waals surface area contributed by atoms with Crippen molar-refractivity contribution in [2.75, 3.05) is 0 Å². The number of hydrogen-bond acceptors (Lipinski definition) is 6. The molecule has 7 heteroatoms. The summed E-state index contributed by atoms with van der Waals surface area (Å²) in [5.74, 6) is -0.450. The van der Waals surface area contributed by atoms with Gasteiger partial charge >= 0.3 is 0 Å². The molecule has 2 aromatic rings. The molecule has 2 rings (SSSR count). The summed E-state index contributed by atoms with van der Waals surface area (Å²) in [5, 5.41) is 32.9. The minimum absolute atomic E-state index is 0.0536. The van der Waals surface area contributed by atoms with E-state index in [1.807, 2.05) is 0 Å². The molecule has 2 unspecified atom stereocenters. The first-order valence-electron chi connectivity index (χ1n) is 5.87. The lowest BCUT2D eigenvalue weighted by molar-refractivity contribution is -0.121. The maximum atomic E-state index is 10.7. The Bertz CT molecular complexity index is 597. The molecule has 0 aliphatic carbocycles. The minimum Gasteiger partial charge on any atom is -0.507 e. The van der Waals surface area contributed by atoms with E-state index in [1.165, 1.54) is 24.4 Å². The van der Waals surface area contributed by atoms with Gasteiger partial charge in [0.25, 0.3) is 0 Å². The summed E-state index contributed by atoms with van der Waals surface area (Å²) in [5.41, 5.74) is 5.61. The van der Waals surface area contributed by atoms with Gasteiger partial charge in [-0.05, 0) is 17.7 Å². The number of phenolic OH excluding ortho intramolecular Hbond substituents is 1. The molecule has 0 fully saturated rings. The van der Waals surface area contributed by atoms with Crippen molar-refractivity contribution in [3.63, 3.8) is 0 Å². The van der Waals surface area contributed by atoms with E-state index >= 15 is 0 Å². The SMILES string of the molecule is NC(=O)CC(O)C(O)c1ccc(O)c(-c2ccno2)c1. The number of benzene rings is 1. The molecule has 0 aliphatic rings. The minimum atomic E-state index is -1.32. The molecule has 0 bridgehead atoms. The average molecular weight is 278 g/mol. The van der Waals surface area contributed by atoms with Crippen LogP contribution < -0.4 is 5.73 Å². The number of hydrogen-bond donors (Lipinski definition) is 4. The largest absolute Gasteiger partial charge is 0.507 e. The standard InChI is InChI=1S/C13H14N2O5/c14-12(18)6-10(17)13(19)7-1-2-9(16)8(5-7)11-3-4-15-20-11/h1-5,10,13,16-17,19H,6H2,(H2,14,18). The first-order chi connectivity index (χ1) is 9.49. The molecule has 1 heterocycles. The molecule has 0 aliphatic heterocycles. The van der Waals surface area contributed by atoms with Crippen LogP contribution in [0.25, 0.3) is 11.3 Å². The zero-order valence-corrected chi connectivity index (χ0v) is 10.4. The second-order valence-electron chi connectivity index (χ2n) is 4.34. The number of aromatic hydroxyl groups is 1. The van der Waals surface area contributed by atoms with E-state index in [9.17, 15) is 20.1 Å². The van der Waals surface area contributed by atoms with Gasteiger partial charge in [0, 0.05) is 6.07 Å². The zero-order chi connectivity index (χ0) is 14.7. The molecule has 106 valence electrons. The molecular weight excluding hydrogens is 264 g/mol. The average Bonchev–Trinajstić information content (AvgIpc) is 2.91. The fraction of sp³-hybridized carbons (Fsp3) is 0.231. The van der Waals surface area contributed by atoms with Gasteiger partial charge in [-0.2, -0.15) is 0 Å². The highest BCUT2D eigenvalue weighted by molar-refractivity contribution is 5.74. The van der Waals surface area contributed by atoms with Crippen molar-refractivity contribution >= 4 is 5.91 Å². The van der Waals surface area contributed by atoms with Gasteiger partial charge in [-0.15, -0.1) is 0 Å². The molecule has 0 saturated heterocycles. The highest BCUT2D eigenvalue weighted by atomic mass is 16.5. The fourth-order valence-corrected chi connectivity index (χ4v) is 1.83. The van der Waals surface area contributed by atoms with Crippen molar-refractivity contribution in [2.24, 2.45) is 5.73 Å². The molecule has 2 atom stereocenters. The lowest BCUT2D eigenvalue weighted by Crippen LogP contribution is -2.25. The quantitative estimate of drug-likeness (QED) is 0.623. The number of aromatic nitrogens is 1. The van der Waals surface area contributed by atoms with Crippen molar-refractivity contribution in [3.05, 3.63) is 36.0 Å². The molecule has 1 aromatic carbocycles. The van der Waals surface area contributed by atoms with Crippen molar-refractivity contribution in [3.8, 4) is 17.1 Å². The Morgan fingerprint density at radius 3 is 2.70 bits per heavy atom. The summed E-state index contributed by atoms with van der Waals surface area (Å²) in [6.45, 7) is 0. The first kappa shape index (κ1) is 14.0. The monoisotopic (exact) mass is 278 g/mol. The predicted molar refractivity (Wildman–Crippen MR) is 68.4 cm³/mol. The Balaban J connectivity index is 2.29. The van der Waals surface area contributed by atoms with Crippen molar-refractivity contribution in [2.45, 2.75) is 18.6 Å². The summed E-state index contributed by atoms with van der Waals surface area (Å²) in [7, 11) is 0. The number of nitrogens with zero attached hydrogens (tertiary/aromatic N) is 1. The third kappa shape index (κ3) is 2.95. The number of carbonyl (C=O) groups is 1.